The van der Waals surface area contributed by atoms with Crippen LogP contribution >= 0.6 is 0 Å². The zero-order valence-electron chi connectivity index (χ0n) is 11.5. The summed E-state index contributed by atoms with van der Waals surface area (Å²) in [6.45, 7) is 3.78. The van der Waals surface area contributed by atoms with Gasteiger partial charge in [-0.2, -0.15) is 0 Å². The lowest BCUT2D eigenvalue weighted by Gasteiger charge is -2.18. The summed E-state index contributed by atoms with van der Waals surface area (Å²) in [5.74, 6) is 4.26. The predicted molar refractivity (Wildman–Crippen MR) is 75.5 cm³/mol. The van der Waals surface area contributed by atoms with Gasteiger partial charge >= 0.3 is 0 Å². The molecular weight excluding hydrogens is 256 g/mol. The summed E-state index contributed by atoms with van der Waals surface area (Å²) in [6, 6.07) is 2.59. The molecule has 1 rings (SSSR count). The second-order valence-electron chi connectivity index (χ2n) is 4.50. The van der Waals surface area contributed by atoms with E-state index in [9.17, 15) is 9.59 Å². The summed E-state index contributed by atoms with van der Waals surface area (Å²) in [5, 5.41) is 2.57. The molecule has 0 saturated carbocycles. The molecule has 0 aliphatic heterocycles. The first kappa shape index (κ1) is 15.7. The van der Waals surface area contributed by atoms with Crippen molar-refractivity contribution in [3.63, 3.8) is 0 Å². The first-order valence-electron chi connectivity index (χ1n) is 6.21. The van der Waals surface area contributed by atoms with Crippen molar-refractivity contribution in [2.24, 2.45) is 17.4 Å². The van der Waals surface area contributed by atoms with Gasteiger partial charge in [-0.1, -0.05) is 25.7 Å². The Hall–Kier alpha value is -2.39. The third-order valence-electron chi connectivity index (χ3n) is 2.61. The SMILES string of the molecule is CC(C)C(NC(=O)c1ncccc1C#CCN)C(N)=O. The van der Waals surface area contributed by atoms with Gasteiger partial charge in [0.25, 0.3) is 5.91 Å². The van der Waals surface area contributed by atoms with Crippen LogP contribution in [0.25, 0.3) is 0 Å². The first-order valence-corrected chi connectivity index (χ1v) is 6.21. The van der Waals surface area contributed by atoms with E-state index in [1.165, 1.54) is 6.20 Å². The van der Waals surface area contributed by atoms with Crippen LogP contribution in [-0.2, 0) is 4.79 Å². The molecule has 20 heavy (non-hydrogen) atoms. The molecule has 0 bridgehead atoms. The van der Waals surface area contributed by atoms with E-state index in [4.69, 9.17) is 11.5 Å². The summed E-state index contributed by atoms with van der Waals surface area (Å²) in [6.07, 6.45) is 1.48. The number of nitrogens with one attached hydrogen (secondary N) is 1. The maximum atomic E-state index is 12.2. The van der Waals surface area contributed by atoms with Crippen LogP contribution in [0.1, 0.15) is 29.9 Å². The van der Waals surface area contributed by atoms with Crippen LogP contribution in [0.4, 0.5) is 0 Å². The van der Waals surface area contributed by atoms with Crippen molar-refractivity contribution < 1.29 is 9.59 Å². The monoisotopic (exact) mass is 274 g/mol. The highest BCUT2D eigenvalue weighted by molar-refractivity contribution is 5.97. The van der Waals surface area contributed by atoms with Gasteiger partial charge in [-0.25, -0.2) is 4.98 Å². The third kappa shape index (κ3) is 4.07. The number of nitrogens with zero attached hydrogens (tertiary/aromatic N) is 1. The van der Waals surface area contributed by atoms with Crippen molar-refractivity contribution in [3.05, 3.63) is 29.6 Å². The van der Waals surface area contributed by atoms with Crippen LogP contribution in [0.5, 0.6) is 0 Å². The largest absolute Gasteiger partial charge is 0.368 e. The van der Waals surface area contributed by atoms with Gasteiger partial charge in [0, 0.05) is 6.20 Å². The van der Waals surface area contributed by atoms with Gasteiger partial charge in [-0.05, 0) is 18.1 Å². The fourth-order valence-corrected chi connectivity index (χ4v) is 1.61. The van der Waals surface area contributed by atoms with Gasteiger partial charge < -0.3 is 16.8 Å². The van der Waals surface area contributed by atoms with E-state index in [1.54, 1.807) is 26.0 Å². The van der Waals surface area contributed by atoms with Crippen molar-refractivity contribution in [2.75, 3.05) is 6.54 Å². The highest BCUT2D eigenvalue weighted by Gasteiger charge is 2.23. The Morgan fingerprint density at radius 3 is 2.70 bits per heavy atom. The second-order valence-corrected chi connectivity index (χ2v) is 4.50. The summed E-state index contributed by atoms with van der Waals surface area (Å²) in [5.41, 5.74) is 11.2. The molecule has 5 N–H and O–H groups in total. The third-order valence-corrected chi connectivity index (χ3v) is 2.61. The van der Waals surface area contributed by atoms with E-state index in [0.717, 1.165) is 0 Å². The molecule has 2 amide bonds. The number of carbonyl (C=O) groups excluding carboxylic acids is 2. The lowest BCUT2D eigenvalue weighted by atomic mass is 10.0. The summed E-state index contributed by atoms with van der Waals surface area (Å²) in [7, 11) is 0. The van der Waals surface area contributed by atoms with Crippen LogP contribution in [-0.4, -0.2) is 29.4 Å². The van der Waals surface area contributed by atoms with Crippen LogP contribution in [0.2, 0.25) is 0 Å². The number of carbonyl (C=O) groups is 2. The van der Waals surface area contributed by atoms with Crippen LogP contribution < -0.4 is 16.8 Å². The highest BCUT2D eigenvalue weighted by atomic mass is 16.2. The zero-order chi connectivity index (χ0) is 15.1. The number of rotatable bonds is 4. The van der Waals surface area contributed by atoms with Crippen molar-refractivity contribution in [2.45, 2.75) is 19.9 Å². The number of hydrogen-bond acceptors (Lipinski definition) is 4. The number of aromatic nitrogens is 1. The van der Waals surface area contributed by atoms with E-state index < -0.39 is 17.9 Å². The maximum absolute atomic E-state index is 12.2. The quantitative estimate of drug-likeness (QED) is 0.650. The van der Waals surface area contributed by atoms with Gasteiger partial charge in [0.2, 0.25) is 5.91 Å². The predicted octanol–water partition coefficient (Wildman–Crippen LogP) is -0.368. The Labute approximate surface area is 117 Å². The topological polar surface area (TPSA) is 111 Å². The summed E-state index contributed by atoms with van der Waals surface area (Å²) < 4.78 is 0. The van der Waals surface area contributed by atoms with E-state index in [1.807, 2.05) is 0 Å². The Bertz CT molecular complexity index is 558. The molecule has 6 nitrogen and oxygen atoms in total. The van der Waals surface area contributed by atoms with Gasteiger partial charge in [0.15, 0.2) is 0 Å². The molecule has 0 spiro atoms. The molecule has 1 heterocycles. The van der Waals surface area contributed by atoms with Gasteiger partial charge in [-0.3, -0.25) is 9.59 Å². The van der Waals surface area contributed by atoms with Gasteiger partial charge in [0.05, 0.1) is 12.1 Å². The van der Waals surface area contributed by atoms with E-state index in [2.05, 4.69) is 22.1 Å². The molecule has 1 aromatic rings. The maximum Gasteiger partial charge on any atom is 0.271 e. The summed E-state index contributed by atoms with van der Waals surface area (Å²) >= 11 is 0. The smallest absolute Gasteiger partial charge is 0.271 e. The highest BCUT2D eigenvalue weighted by Crippen LogP contribution is 2.06. The number of hydrogen-bond donors (Lipinski definition) is 3. The van der Waals surface area contributed by atoms with Crippen LogP contribution in [0.15, 0.2) is 18.3 Å². The molecule has 106 valence electrons. The normalized spacial score (nSPS) is 11.4. The van der Waals surface area contributed by atoms with Crippen molar-refractivity contribution >= 4 is 11.8 Å². The summed E-state index contributed by atoms with van der Waals surface area (Å²) in [4.78, 5) is 27.5. The standard InChI is InChI=1S/C14H18N4O2/c1-9(2)11(13(16)19)18-14(20)12-10(5-3-7-15)6-4-8-17-12/h4,6,8-9,11H,7,15H2,1-2H3,(H2,16,19)(H,18,20). The number of nitrogens with two attached hydrogens (primary N) is 2. The zero-order valence-corrected chi connectivity index (χ0v) is 11.5. The van der Waals surface area contributed by atoms with Gasteiger partial charge in [-0.15, -0.1) is 0 Å². The number of amides is 2. The minimum atomic E-state index is -0.750. The lowest BCUT2D eigenvalue weighted by molar-refractivity contribution is -0.120. The molecule has 6 heteroatoms. The minimum absolute atomic E-state index is 0.112. The second kappa shape index (κ2) is 7.26. The van der Waals surface area contributed by atoms with Gasteiger partial charge in [0.1, 0.15) is 11.7 Å². The molecule has 1 aromatic heterocycles. The number of pyridine rings is 1. The molecular formula is C14H18N4O2. The average Bonchev–Trinajstić information content (AvgIpc) is 2.41. The van der Waals surface area contributed by atoms with E-state index in [0.29, 0.717) is 5.56 Å². The fraction of sp³-hybridized carbons (Fsp3) is 0.357. The molecule has 0 aliphatic rings. The average molecular weight is 274 g/mol. The lowest BCUT2D eigenvalue weighted by Crippen LogP contribution is -2.48. The van der Waals surface area contributed by atoms with Crippen LogP contribution in [0, 0.1) is 17.8 Å². The fourth-order valence-electron chi connectivity index (χ4n) is 1.61. The Morgan fingerprint density at radius 2 is 2.15 bits per heavy atom. The number of primary amides is 1. The van der Waals surface area contributed by atoms with E-state index in [-0.39, 0.29) is 18.2 Å². The van der Waals surface area contributed by atoms with Crippen molar-refractivity contribution in [1.29, 1.82) is 0 Å². The van der Waals surface area contributed by atoms with Crippen molar-refractivity contribution in [1.82, 2.24) is 10.3 Å². The Kier molecular flexibility index (Phi) is 5.69. The minimum Gasteiger partial charge on any atom is -0.368 e. The van der Waals surface area contributed by atoms with Crippen molar-refractivity contribution in [3.8, 4) is 11.8 Å². The molecule has 0 saturated heterocycles. The molecule has 1 atom stereocenters. The van der Waals surface area contributed by atoms with E-state index >= 15 is 0 Å². The molecule has 0 aliphatic carbocycles. The molecule has 1 unspecified atom stereocenters. The Morgan fingerprint density at radius 1 is 1.45 bits per heavy atom. The first-order chi connectivity index (χ1) is 9.47. The molecule has 0 aromatic carbocycles. The molecule has 0 radical (unpaired) electrons. The van der Waals surface area contributed by atoms with Crippen LogP contribution in [0.3, 0.4) is 0 Å². The molecule has 0 fully saturated rings. The Balaban J connectivity index is 3.00.